The smallest absolute Gasteiger partial charge is 0.282 e. The molecule has 1 fully saturated rings. The number of quaternary nitrogens is 1. The van der Waals surface area contributed by atoms with Gasteiger partial charge in [0.2, 0.25) is 11.7 Å². The fraction of sp³-hybridized carbons (Fsp3) is 0.286. The topological polar surface area (TPSA) is 72.5 Å². The van der Waals surface area contributed by atoms with E-state index in [-0.39, 0.29) is 11.8 Å². The summed E-state index contributed by atoms with van der Waals surface area (Å²) in [7, 11) is 0. The van der Waals surface area contributed by atoms with E-state index in [1.54, 1.807) is 0 Å². The fourth-order valence-electron chi connectivity index (χ4n) is 3.49. The first kappa shape index (κ1) is 18.7. The van der Waals surface area contributed by atoms with Crippen LogP contribution in [0, 0.1) is 5.92 Å². The summed E-state index contributed by atoms with van der Waals surface area (Å²) in [5.41, 5.74) is 1.73. The van der Waals surface area contributed by atoms with Crippen molar-refractivity contribution in [2.75, 3.05) is 18.4 Å². The summed E-state index contributed by atoms with van der Waals surface area (Å²) in [6.07, 6.45) is 1.71. The van der Waals surface area contributed by atoms with Gasteiger partial charge in [0.25, 0.3) is 5.89 Å². The molecule has 1 aromatic heterocycles. The second-order valence-electron chi connectivity index (χ2n) is 7.07. The minimum atomic E-state index is 0.0521. The summed E-state index contributed by atoms with van der Waals surface area (Å²) in [4.78, 5) is 18.3. The van der Waals surface area contributed by atoms with Crippen molar-refractivity contribution in [1.29, 1.82) is 0 Å². The number of carbonyl (C=O) groups excluding carboxylic acids is 1. The Morgan fingerprint density at radius 2 is 1.82 bits per heavy atom. The fourth-order valence-corrected chi connectivity index (χ4v) is 3.61. The summed E-state index contributed by atoms with van der Waals surface area (Å²) in [6.45, 7) is 2.49. The highest BCUT2D eigenvalue weighted by atomic mass is 35.5. The second-order valence-corrected chi connectivity index (χ2v) is 7.51. The summed E-state index contributed by atoms with van der Waals surface area (Å²) < 4.78 is 5.41. The van der Waals surface area contributed by atoms with Gasteiger partial charge in [0.1, 0.15) is 0 Å². The number of para-hydroxylation sites is 1. The number of piperidine rings is 1. The van der Waals surface area contributed by atoms with E-state index in [0.29, 0.717) is 23.3 Å². The van der Waals surface area contributed by atoms with Crippen LogP contribution >= 0.6 is 11.6 Å². The monoisotopic (exact) mass is 397 g/mol. The molecule has 0 spiro atoms. The number of hydrogen-bond acceptors (Lipinski definition) is 4. The zero-order valence-electron chi connectivity index (χ0n) is 15.4. The minimum Gasteiger partial charge on any atom is -0.333 e. The molecule has 2 heterocycles. The van der Waals surface area contributed by atoms with Gasteiger partial charge < -0.3 is 14.7 Å². The molecule has 4 rings (SSSR count). The van der Waals surface area contributed by atoms with Crippen molar-refractivity contribution in [3.8, 4) is 11.4 Å². The molecule has 0 unspecified atom stereocenters. The van der Waals surface area contributed by atoms with Gasteiger partial charge in [-0.25, -0.2) is 0 Å². The van der Waals surface area contributed by atoms with Gasteiger partial charge in [0.15, 0.2) is 6.54 Å². The van der Waals surface area contributed by atoms with Gasteiger partial charge in [-0.1, -0.05) is 35.0 Å². The van der Waals surface area contributed by atoms with Crippen LogP contribution in [0.15, 0.2) is 59.1 Å². The molecule has 3 aromatic rings. The molecule has 6 nitrogen and oxygen atoms in total. The zero-order valence-corrected chi connectivity index (χ0v) is 16.2. The largest absolute Gasteiger partial charge is 0.333 e. The Hall–Kier alpha value is -2.70. The lowest BCUT2D eigenvalue weighted by atomic mass is 9.96. The van der Waals surface area contributed by atoms with Crippen LogP contribution < -0.4 is 10.2 Å². The lowest BCUT2D eigenvalue weighted by Gasteiger charge is -2.27. The van der Waals surface area contributed by atoms with Crippen LogP contribution in [-0.2, 0) is 11.3 Å². The molecular formula is C21H22ClN4O2+. The Balaban J connectivity index is 1.29. The summed E-state index contributed by atoms with van der Waals surface area (Å²) >= 11 is 5.92. The van der Waals surface area contributed by atoms with Crippen molar-refractivity contribution in [2.45, 2.75) is 19.4 Å². The Kier molecular flexibility index (Phi) is 5.69. The number of rotatable bonds is 5. The summed E-state index contributed by atoms with van der Waals surface area (Å²) in [6, 6.07) is 17.0. The van der Waals surface area contributed by atoms with Crippen molar-refractivity contribution < 1.29 is 14.2 Å². The van der Waals surface area contributed by atoms with Crippen molar-refractivity contribution in [1.82, 2.24) is 10.1 Å². The number of hydrogen-bond donors (Lipinski definition) is 2. The molecule has 0 bridgehead atoms. The number of anilines is 1. The number of nitrogens with one attached hydrogen (secondary N) is 2. The molecule has 2 aromatic carbocycles. The number of amides is 1. The van der Waals surface area contributed by atoms with E-state index in [9.17, 15) is 4.79 Å². The molecule has 1 aliphatic rings. The van der Waals surface area contributed by atoms with Crippen molar-refractivity contribution in [2.24, 2.45) is 5.92 Å². The molecule has 2 N–H and O–H groups in total. The normalized spacial score (nSPS) is 19.3. The zero-order chi connectivity index (χ0) is 19.3. The molecular weight excluding hydrogens is 376 g/mol. The molecule has 1 aliphatic heterocycles. The van der Waals surface area contributed by atoms with E-state index < -0.39 is 0 Å². The molecule has 7 heteroatoms. The average Bonchev–Trinajstić information content (AvgIpc) is 3.18. The number of halogens is 1. The van der Waals surface area contributed by atoms with Gasteiger partial charge in [-0.15, -0.1) is 0 Å². The highest BCUT2D eigenvalue weighted by Crippen LogP contribution is 2.19. The summed E-state index contributed by atoms with van der Waals surface area (Å²) in [5.74, 6) is 1.35. The third-order valence-corrected chi connectivity index (χ3v) is 5.33. The van der Waals surface area contributed by atoms with E-state index in [0.717, 1.165) is 37.2 Å². The van der Waals surface area contributed by atoms with Crippen LogP contribution in [-0.4, -0.2) is 29.1 Å². The average molecular weight is 398 g/mol. The first-order chi connectivity index (χ1) is 13.7. The van der Waals surface area contributed by atoms with Gasteiger partial charge >= 0.3 is 0 Å². The minimum absolute atomic E-state index is 0.0521. The maximum atomic E-state index is 12.4. The second kappa shape index (κ2) is 8.54. The Morgan fingerprint density at radius 1 is 1.11 bits per heavy atom. The van der Waals surface area contributed by atoms with E-state index in [1.807, 2.05) is 54.6 Å². The number of likely N-dealkylation sites (tertiary alicyclic amines) is 1. The predicted octanol–water partition coefficient (Wildman–Crippen LogP) is 2.82. The molecule has 144 valence electrons. The highest BCUT2D eigenvalue weighted by Gasteiger charge is 2.28. The number of aromatic nitrogens is 2. The standard InChI is InChI=1S/C21H21ClN4O2/c22-17-8-6-15(7-9-17)20-24-19(28-25-20)14-26-12-10-16(11-13-26)21(27)23-18-4-2-1-3-5-18/h1-9,16H,10-14H2,(H,23,27)/p+1. The van der Waals surface area contributed by atoms with Crippen LogP contribution in [0.1, 0.15) is 18.7 Å². The molecule has 0 aliphatic carbocycles. The van der Waals surface area contributed by atoms with Crippen LogP contribution in [0.25, 0.3) is 11.4 Å². The van der Waals surface area contributed by atoms with Gasteiger partial charge in [0.05, 0.1) is 13.1 Å². The summed E-state index contributed by atoms with van der Waals surface area (Å²) in [5, 5.41) is 7.75. The lowest BCUT2D eigenvalue weighted by Crippen LogP contribution is -3.11. The quantitative estimate of drug-likeness (QED) is 0.694. The maximum absolute atomic E-state index is 12.4. The third kappa shape index (κ3) is 4.58. The Labute approximate surface area is 168 Å². The predicted molar refractivity (Wildman–Crippen MR) is 107 cm³/mol. The third-order valence-electron chi connectivity index (χ3n) is 5.08. The Bertz CT molecular complexity index is 919. The number of carbonyl (C=O) groups is 1. The van der Waals surface area contributed by atoms with Crippen molar-refractivity contribution in [3.05, 3.63) is 65.5 Å². The van der Waals surface area contributed by atoms with Gasteiger partial charge in [-0.2, -0.15) is 4.98 Å². The van der Waals surface area contributed by atoms with E-state index in [1.165, 1.54) is 4.90 Å². The van der Waals surface area contributed by atoms with Gasteiger partial charge in [-0.3, -0.25) is 4.79 Å². The van der Waals surface area contributed by atoms with Crippen LogP contribution in [0.2, 0.25) is 5.02 Å². The van der Waals surface area contributed by atoms with Gasteiger partial charge in [-0.05, 0) is 36.4 Å². The number of benzene rings is 2. The molecule has 1 saturated heterocycles. The van der Waals surface area contributed by atoms with Crippen LogP contribution in [0.3, 0.4) is 0 Å². The Morgan fingerprint density at radius 3 is 2.54 bits per heavy atom. The molecule has 0 saturated carbocycles. The molecule has 0 atom stereocenters. The van der Waals surface area contributed by atoms with E-state index in [2.05, 4.69) is 15.5 Å². The first-order valence-electron chi connectivity index (χ1n) is 9.45. The molecule has 0 radical (unpaired) electrons. The highest BCUT2D eigenvalue weighted by molar-refractivity contribution is 6.30. The SMILES string of the molecule is O=C(Nc1ccccc1)C1CC[NH+](Cc2nc(-c3ccc(Cl)cc3)no2)CC1. The lowest BCUT2D eigenvalue weighted by molar-refractivity contribution is -0.920. The van der Waals surface area contributed by atoms with E-state index in [4.69, 9.17) is 16.1 Å². The number of nitrogens with zero attached hydrogens (tertiary/aromatic N) is 2. The van der Waals surface area contributed by atoms with Crippen LogP contribution in [0.5, 0.6) is 0 Å². The van der Waals surface area contributed by atoms with Gasteiger partial charge in [0, 0.05) is 35.0 Å². The first-order valence-corrected chi connectivity index (χ1v) is 9.83. The molecule has 28 heavy (non-hydrogen) atoms. The maximum Gasteiger partial charge on any atom is 0.282 e. The molecule has 1 amide bonds. The van der Waals surface area contributed by atoms with E-state index >= 15 is 0 Å². The van der Waals surface area contributed by atoms with Crippen LogP contribution in [0.4, 0.5) is 5.69 Å². The van der Waals surface area contributed by atoms with Crippen molar-refractivity contribution >= 4 is 23.2 Å². The van der Waals surface area contributed by atoms with Crippen molar-refractivity contribution in [3.63, 3.8) is 0 Å².